The number of hydrogen-bond acceptors (Lipinski definition) is 3. The summed E-state index contributed by atoms with van der Waals surface area (Å²) in [5, 5.41) is 6.93. The fourth-order valence-corrected chi connectivity index (χ4v) is 2.14. The Balaban J connectivity index is 1.86. The van der Waals surface area contributed by atoms with Crippen LogP contribution in [0.1, 0.15) is 4.88 Å². The van der Waals surface area contributed by atoms with Gasteiger partial charge in [0.25, 0.3) is 0 Å². The molecule has 0 saturated carbocycles. The molecule has 7 heteroatoms. The maximum Gasteiger partial charge on any atom is 0.239 e. The Morgan fingerprint density at radius 2 is 1.95 bits per heavy atom. The lowest BCUT2D eigenvalue weighted by molar-refractivity contribution is -0.119. The number of thiophene rings is 1. The second-order valence-electron chi connectivity index (χ2n) is 3.93. The number of halogens is 3. The van der Waals surface area contributed by atoms with Gasteiger partial charge in [-0.1, -0.05) is 6.07 Å². The first kappa shape index (κ1) is 14.4. The number of anilines is 1. The van der Waals surface area contributed by atoms with Crippen molar-refractivity contribution < 1.29 is 18.0 Å². The van der Waals surface area contributed by atoms with E-state index in [0.717, 1.165) is 17.0 Å². The Kier molecular flexibility index (Phi) is 4.62. The van der Waals surface area contributed by atoms with Crippen LogP contribution in [0.3, 0.4) is 0 Å². The number of carbonyl (C=O) groups excluding carboxylic acids is 1. The first-order valence-corrected chi connectivity index (χ1v) is 6.62. The highest BCUT2D eigenvalue weighted by molar-refractivity contribution is 7.09. The van der Waals surface area contributed by atoms with Gasteiger partial charge in [-0.15, -0.1) is 11.3 Å². The molecule has 0 bridgehead atoms. The molecule has 20 heavy (non-hydrogen) atoms. The summed E-state index contributed by atoms with van der Waals surface area (Å²) >= 11 is 1.50. The summed E-state index contributed by atoms with van der Waals surface area (Å²) in [6.45, 7) is 0.145. The van der Waals surface area contributed by atoms with Gasteiger partial charge in [0.05, 0.1) is 18.8 Å². The van der Waals surface area contributed by atoms with Crippen molar-refractivity contribution in [3.8, 4) is 0 Å². The van der Waals surface area contributed by atoms with Crippen LogP contribution < -0.4 is 10.6 Å². The average Bonchev–Trinajstić information content (AvgIpc) is 2.95. The molecule has 3 nitrogen and oxygen atoms in total. The number of amides is 1. The second-order valence-corrected chi connectivity index (χ2v) is 4.96. The monoisotopic (exact) mass is 300 g/mol. The van der Waals surface area contributed by atoms with E-state index in [1.165, 1.54) is 11.3 Å². The molecule has 0 unspecified atom stereocenters. The fourth-order valence-electron chi connectivity index (χ4n) is 1.50. The van der Waals surface area contributed by atoms with Gasteiger partial charge in [-0.25, -0.2) is 13.2 Å². The lowest BCUT2D eigenvalue weighted by atomic mass is 10.3. The van der Waals surface area contributed by atoms with Gasteiger partial charge < -0.3 is 10.6 Å². The van der Waals surface area contributed by atoms with Crippen LogP contribution in [-0.4, -0.2) is 12.5 Å². The van der Waals surface area contributed by atoms with Crippen molar-refractivity contribution in [2.24, 2.45) is 0 Å². The van der Waals surface area contributed by atoms with Gasteiger partial charge in [0, 0.05) is 4.88 Å². The predicted molar refractivity (Wildman–Crippen MR) is 71.0 cm³/mol. The van der Waals surface area contributed by atoms with Crippen LogP contribution in [-0.2, 0) is 11.3 Å². The van der Waals surface area contributed by atoms with Crippen LogP contribution in [0, 0.1) is 17.5 Å². The Bertz CT molecular complexity index is 602. The van der Waals surface area contributed by atoms with Gasteiger partial charge in [-0.3, -0.25) is 4.79 Å². The van der Waals surface area contributed by atoms with Gasteiger partial charge in [-0.2, -0.15) is 0 Å². The maximum atomic E-state index is 13.3. The zero-order chi connectivity index (χ0) is 14.5. The molecule has 1 amide bonds. The van der Waals surface area contributed by atoms with Crippen LogP contribution in [0.15, 0.2) is 29.6 Å². The molecule has 2 aromatic rings. The Morgan fingerprint density at radius 3 is 2.65 bits per heavy atom. The molecule has 106 valence electrons. The molecular weight excluding hydrogens is 289 g/mol. The summed E-state index contributed by atoms with van der Waals surface area (Å²) in [6.07, 6.45) is 0. The van der Waals surface area contributed by atoms with Crippen LogP contribution in [0.25, 0.3) is 0 Å². The van der Waals surface area contributed by atoms with Crippen molar-refractivity contribution >= 4 is 22.9 Å². The molecule has 0 atom stereocenters. The molecule has 2 rings (SSSR count). The molecular formula is C13H11F3N2OS. The summed E-state index contributed by atoms with van der Waals surface area (Å²) in [4.78, 5) is 12.5. The van der Waals surface area contributed by atoms with Crippen molar-refractivity contribution in [1.29, 1.82) is 0 Å². The van der Waals surface area contributed by atoms with Crippen molar-refractivity contribution in [2.45, 2.75) is 6.54 Å². The van der Waals surface area contributed by atoms with Gasteiger partial charge >= 0.3 is 0 Å². The van der Waals surface area contributed by atoms with Crippen molar-refractivity contribution in [3.05, 3.63) is 52.0 Å². The molecule has 0 aliphatic carbocycles. The standard InChI is InChI=1S/C13H11F3N2OS/c14-9-3-4-10(13(16)12(9)15)17-7-11(19)18-6-8-2-1-5-20-8/h1-5,17H,6-7H2,(H,18,19). The Labute approximate surface area is 117 Å². The quantitative estimate of drug-likeness (QED) is 0.834. The van der Waals surface area contributed by atoms with Crippen LogP contribution in [0.4, 0.5) is 18.9 Å². The highest BCUT2D eigenvalue weighted by atomic mass is 32.1. The third-order valence-corrected chi connectivity index (χ3v) is 3.39. The minimum atomic E-state index is -1.56. The van der Waals surface area contributed by atoms with Crippen molar-refractivity contribution in [2.75, 3.05) is 11.9 Å². The highest BCUT2D eigenvalue weighted by Gasteiger charge is 2.13. The van der Waals surface area contributed by atoms with Crippen LogP contribution >= 0.6 is 11.3 Å². The third kappa shape index (κ3) is 3.51. The first-order valence-electron chi connectivity index (χ1n) is 5.74. The van der Waals surface area contributed by atoms with Crippen LogP contribution in [0.2, 0.25) is 0 Å². The summed E-state index contributed by atoms with van der Waals surface area (Å²) in [6, 6.07) is 5.57. The van der Waals surface area contributed by atoms with E-state index < -0.39 is 17.5 Å². The smallest absolute Gasteiger partial charge is 0.239 e. The van der Waals surface area contributed by atoms with Gasteiger partial charge in [0.15, 0.2) is 17.5 Å². The fraction of sp³-hybridized carbons (Fsp3) is 0.154. The van der Waals surface area contributed by atoms with Crippen LogP contribution in [0.5, 0.6) is 0 Å². The molecule has 0 aliphatic heterocycles. The number of hydrogen-bond donors (Lipinski definition) is 2. The van der Waals surface area contributed by atoms with Crippen molar-refractivity contribution in [1.82, 2.24) is 5.32 Å². The zero-order valence-electron chi connectivity index (χ0n) is 10.3. The van der Waals surface area contributed by atoms with E-state index >= 15 is 0 Å². The van der Waals surface area contributed by atoms with E-state index in [9.17, 15) is 18.0 Å². The van der Waals surface area contributed by atoms with E-state index in [2.05, 4.69) is 10.6 Å². The minimum Gasteiger partial charge on any atom is -0.374 e. The van der Waals surface area contributed by atoms with E-state index in [1.54, 1.807) is 0 Å². The predicted octanol–water partition coefficient (Wildman–Crippen LogP) is 2.89. The number of rotatable bonds is 5. The SMILES string of the molecule is O=C(CNc1ccc(F)c(F)c1F)NCc1cccs1. The molecule has 1 heterocycles. The molecule has 1 aromatic heterocycles. The molecule has 0 saturated heterocycles. The molecule has 2 N–H and O–H groups in total. The Morgan fingerprint density at radius 1 is 1.15 bits per heavy atom. The summed E-state index contributed by atoms with van der Waals surface area (Å²) in [5.74, 6) is -4.54. The molecule has 0 spiro atoms. The number of nitrogens with one attached hydrogen (secondary N) is 2. The molecule has 0 radical (unpaired) electrons. The van der Waals surface area contributed by atoms with E-state index in [4.69, 9.17) is 0 Å². The topological polar surface area (TPSA) is 41.1 Å². The highest BCUT2D eigenvalue weighted by Crippen LogP contribution is 2.19. The van der Waals surface area contributed by atoms with Gasteiger partial charge in [-0.05, 0) is 23.6 Å². The van der Waals surface area contributed by atoms with E-state index in [-0.39, 0.29) is 18.1 Å². The number of carbonyl (C=O) groups is 1. The van der Waals surface area contributed by atoms with E-state index in [1.807, 2.05) is 17.5 Å². The van der Waals surface area contributed by atoms with Crippen molar-refractivity contribution in [3.63, 3.8) is 0 Å². The van der Waals surface area contributed by atoms with Gasteiger partial charge in [0.1, 0.15) is 0 Å². The molecule has 1 aromatic carbocycles. The summed E-state index contributed by atoms with van der Waals surface area (Å²) < 4.78 is 39.0. The van der Waals surface area contributed by atoms with Gasteiger partial charge in [0.2, 0.25) is 5.91 Å². The normalized spacial score (nSPS) is 10.3. The average molecular weight is 300 g/mol. The second kappa shape index (κ2) is 6.42. The largest absolute Gasteiger partial charge is 0.374 e. The maximum absolute atomic E-state index is 13.3. The molecule has 0 aliphatic rings. The molecule has 0 fully saturated rings. The number of benzene rings is 1. The third-order valence-electron chi connectivity index (χ3n) is 2.51. The zero-order valence-corrected chi connectivity index (χ0v) is 11.1. The summed E-state index contributed by atoms with van der Waals surface area (Å²) in [7, 11) is 0. The van der Waals surface area contributed by atoms with E-state index in [0.29, 0.717) is 6.54 Å². The lowest BCUT2D eigenvalue weighted by Gasteiger charge is -2.08. The first-order chi connectivity index (χ1) is 9.58. The minimum absolute atomic E-state index is 0.229. The Hall–Kier alpha value is -2.02. The lowest BCUT2D eigenvalue weighted by Crippen LogP contribution is -2.29. The summed E-state index contributed by atoms with van der Waals surface area (Å²) in [5.41, 5.74) is -0.254.